The number of benzene rings is 1. The Bertz CT molecular complexity index is 822. The third kappa shape index (κ3) is 4.65. The van der Waals surface area contributed by atoms with Gasteiger partial charge in [0.1, 0.15) is 0 Å². The molecule has 2 aromatic rings. The second-order valence-corrected chi connectivity index (χ2v) is 9.99. The molecule has 1 unspecified atom stereocenters. The third-order valence-corrected chi connectivity index (χ3v) is 7.73. The molecule has 1 aromatic heterocycles. The van der Waals surface area contributed by atoms with Crippen LogP contribution in [-0.2, 0) is 20.7 Å². The Hall–Kier alpha value is -1.50. The van der Waals surface area contributed by atoms with Crippen molar-refractivity contribution in [3.05, 3.63) is 29.3 Å². The highest BCUT2D eigenvalue weighted by Gasteiger charge is 2.41. The van der Waals surface area contributed by atoms with Gasteiger partial charge >= 0.3 is 0 Å². The molecule has 3 aliphatic rings. The Labute approximate surface area is 176 Å². The maximum Gasteiger partial charge on any atom is 0.222 e. The smallest absolute Gasteiger partial charge is 0.222 e. The van der Waals surface area contributed by atoms with Gasteiger partial charge in [-0.2, -0.15) is 0 Å². The number of rotatable bonds is 6. The lowest BCUT2D eigenvalue weighted by Gasteiger charge is -2.46. The lowest BCUT2D eigenvalue weighted by molar-refractivity contribution is -0.162. The van der Waals surface area contributed by atoms with Crippen molar-refractivity contribution in [2.45, 2.75) is 63.1 Å². The van der Waals surface area contributed by atoms with E-state index in [0.717, 1.165) is 74.8 Å². The third-order valence-electron chi connectivity index (χ3n) is 6.63. The largest absolute Gasteiger partial charge is 0.378 e. The number of ether oxygens (including phenoxy) is 2. The van der Waals surface area contributed by atoms with Gasteiger partial charge in [-0.15, -0.1) is 11.3 Å². The van der Waals surface area contributed by atoms with Gasteiger partial charge in [-0.05, 0) is 50.2 Å². The maximum atomic E-state index is 12.7. The predicted molar refractivity (Wildman–Crippen MR) is 114 cm³/mol. The number of aromatic nitrogens is 1. The molecule has 3 fully saturated rings. The van der Waals surface area contributed by atoms with Crippen LogP contribution >= 0.6 is 11.3 Å². The standard InChI is InChI=1S/C23H30N2O3S/c26-22(8-7-21-24-19-3-1-2-4-20(19)29-21)25-12-10-23(11-13-25)15-18(9-14-28-23)27-16-17-5-6-17/h1-4,17-18H,5-16H2. The molecule has 5 nitrogen and oxygen atoms in total. The second kappa shape index (κ2) is 8.32. The molecule has 1 atom stereocenters. The molecule has 0 bridgehead atoms. The average molecular weight is 415 g/mol. The molecule has 1 amide bonds. The van der Waals surface area contributed by atoms with Crippen LogP contribution in [0.25, 0.3) is 10.2 Å². The Morgan fingerprint density at radius 1 is 1.24 bits per heavy atom. The highest BCUT2D eigenvalue weighted by Crippen LogP contribution is 2.37. The van der Waals surface area contributed by atoms with Crippen molar-refractivity contribution in [2.75, 3.05) is 26.3 Å². The summed E-state index contributed by atoms with van der Waals surface area (Å²) >= 11 is 1.70. The van der Waals surface area contributed by atoms with Crippen LogP contribution in [0.1, 0.15) is 50.0 Å². The average Bonchev–Trinajstić information content (AvgIpc) is 3.48. The number of aryl methyl sites for hydroxylation is 1. The van der Waals surface area contributed by atoms with E-state index in [9.17, 15) is 4.79 Å². The zero-order chi connectivity index (χ0) is 19.7. The Balaban J connectivity index is 1.10. The Morgan fingerprint density at radius 3 is 2.86 bits per heavy atom. The van der Waals surface area contributed by atoms with Crippen LogP contribution in [0.4, 0.5) is 0 Å². The van der Waals surface area contributed by atoms with E-state index in [0.29, 0.717) is 12.5 Å². The summed E-state index contributed by atoms with van der Waals surface area (Å²) in [6, 6.07) is 8.17. The topological polar surface area (TPSA) is 51.7 Å². The summed E-state index contributed by atoms with van der Waals surface area (Å²) in [6.07, 6.45) is 8.16. The van der Waals surface area contributed by atoms with Gasteiger partial charge in [0, 0.05) is 45.6 Å². The van der Waals surface area contributed by atoms with Crippen LogP contribution in [0.3, 0.4) is 0 Å². The van der Waals surface area contributed by atoms with E-state index in [-0.39, 0.29) is 11.5 Å². The first-order chi connectivity index (χ1) is 14.2. The van der Waals surface area contributed by atoms with Gasteiger partial charge in [-0.3, -0.25) is 4.79 Å². The quantitative estimate of drug-likeness (QED) is 0.711. The summed E-state index contributed by atoms with van der Waals surface area (Å²) in [7, 11) is 0. The number of likely N-dealkylation sites (tertiary alicyclic amines) is 1. The van der Waals surface area contributed by atoms with Gasteiger partial charge < -0.3 is 14.4 Å². The number of hydrogen-bond acceptors (Lipinski definition) is 5. The maximum absolute atomic E-state index is 12.7. The minimum Gasteiger partial charge on any atom is -0.378 e. The summed E-state index contributed by atoms with van der Waals surface area (Å²) in [6.45, 7) is 3.32. The van der Waals surface area contributed by atoms with Crippen LogP contribution in [0.5, 0.6) is 0 Å². The number of fused-ring (bicyclic) bond motifs is 1. The van der Waals surface area contributed by atoms with Crippen LogP contribution in [0.15, 0.2) is 24.3 Å². The van der Waals surface area contributed by atoms with Crippen molar-refractivity contribution < 1.29 is 14.3 Å². The van der Waals surface area contributed by atoms with E-state index < -0.39 is 0 Å². The first-order valence-corrected chi connectivity index (χ1v) is 11.9. The molecular formula is C23H30N2O3S. The van der Waals surface area contributed by atoms with Gasteiger partial charge in [0.05, 0.1) is 26.9 Å². The zero-order valence-electron chi connectivity index (χ0n) is 17.0. The summed E-state index contributed by atoms with van der Waals surface area (Å²) in [4.78, 5) is 19.4. The SMILES string of the molecule is O=C(CCc1nc2ccccc2s1)N1CCC2(CC1)CC(OCC1CC1)CCO2. The number of piperidine rings is 1. The van der Waals surface area contributed by atoms with Crippen molar-refractivity contribution in [3.63, 3.8) is 0 Å². The molecule has 0 N–H and O–H groups in total. The number of carbonyl (C=O) groups excluding carboxylic acids is 1. The van der Waals surface area contributed by atoms with Gasteiger partial charge in [-0.25, -0.2) is 4.98 Å². The summed E-state index contributed by atoms with van der Waals surface area (Å²) in [5, 5.41) is 1.05. The summed E-state index contributed by atoms with van der Waals surface area (Å²) in [5.74, 6) is 1.06. The van der Waals surface area contributed by atoms with E-state index in [2.05, 4.69) is 11.1 Å². The second-order valence-electron chi connectivity index (χ2n) is 8.88. The first-order valence-electron chi connectivity index (χ1n) is 11.1. The predicted octanol–water partition coefficient (Wildman–Crippen LogP) is 4.20. The molecule has 0 radical (unpaired) electrons. The molecule has 6 heteroatoms. The van der Waals surface area contributed by atoms with Crippen molar-refractivity contribution in [1.29, 1.82) is 0 Å². The highest BCUT2D eigenvalue weighted by atomic mass is 32.1. The van der Waals surface area contributed by atoms with E-state index in [1.54, 1.807) is 11.3 Å². The number of nitrogens with zero attached hydrogens (tertiary/aromatic N) is 2. The van der Waals surface area contributed by atoms with Crippen molar-refractivity contribution in [3.8, 4) is 0 Å². The monoisotopic (exact) mass is 414 g/mol. The van der Waals surface area contributed by atoms with Crippen LogP contribution in [-0.4, -0.2) is 53.8 Å². The van der Waals surface area contributed by atoms with E-state index in [1.165, 1.54) is 17.5 Å². The molecule has 1 aliphatic carbocycles. The highest BCUT2D eigenvalue weighted by molar-refractivity contribution is 7.18. The summed E-state index contributed by atoms with van der Waals surface area (Å²) < 4.78 is 13.6. The zero-order valence-corrected chi connectivity index (χ0v) is 17.8. The number of hydrogen-bond donors (Lipinski definition) is 0. The normalized spacial score (nSPS) is 24.3. The van der Waals surface area contributed by atoms with E-state index >= 15 is 0 Å². The number of amides is 1. The summed E-state index contributed by atoms with van der Waals surface area (Å²) in [5.41, 5.74) is 0.962. The molecular weight excluding hydrogens is 384 g/mol. The van der Waals surface area contributed by atoms with Crippen LogP contribution in [0.2, 0.25) is 0 Å². The van der Waals surface area contributed by atoms with Gasteiger partial charge in [0.15, 0.2) is 0 Å². The minimum atomic E-state index is -0.0731. The fraction of sp³-hybridized carbons (Fsp3) is 0.652. The molecule has 29 heavy (non-hydrogen) atoms. The van der Waals surface area contributed by atoms with Gasteiger partial charge in [0.2, 0.25) is 5.91 Å². The molecule has 2 saturated heterocycles. The molecule has 1 spiro atoms. The molecule has 2 aliphatic heterocycles. The number of para-hydroxylation sites is 1. The van der Waals surface area contributed by atoms with Gasteiger partial charge in [0.25, 0.3) is 0 Å². The molecule has 5 rings (SSSR count). The van der Waals surface area contributed by atoms with Crippen LogP contribution < -0.4 is 0 Å². The molecule has 1 saturated carbocycles. The van der Waals surface area contributed by atoms with Crippen LogP contribution in [0, 0.1) is 5.92 Å². The lowest BCUT2D eigenvalue weighted by atomic mass is 9.83. The Kier molecular flexibility index (Phi) is 5.59. The van der Waals surface area contributed by atoms with Crippen molar-refractivity contribution >= 4 is 27.5 Å². The van der Waals surface area contributed by atoms with Crippen molar-refractivity contribution in [2.24, 2.45) is 5.92 Å². The fourth-order valence-electron chi connectivity index (χ4n) is 4.59. The Morgan fingerprint density at radius 2 is 2.07 bits per heavy atom. The first kappa shape index (κ1) is 19.5. The molecule has 3 heterocycles. The minimum absolute atomic E-state index is 0.0731. The van der Waals surface area contributed by atoms with Gasteiger partial charge in [-0.1, -0.05) is 12.1 Å². The van der Waals surface area contributed by atoms with Crippen molar-refractivity contribution in [1.82, 2.24) is 9.88 Å². The fourth-order valence-corrected chi connectivity index (χ4v) is 5.56. The molecule has 156 valence electrons. The lowest BCUT2D eigenvalue weighted by Crippen LogP contribution is -2.52. The van der Waals surface area contributed by atoms with E-state index in [1.807, 2.05) is 23.1 Å². The number of carbonyl (C=O) groups is 1. The number of thiazole rings is 1. The molecule has 1 aromatic carbocycles. The van der Waals surface area contributed by atoms with E-state index in [4.69, 9.17) is 9.47 Å².